The summed E-state index contributed by atoms with van der Waals surface area (Å²) >= 11 is 0. The number of para-hydroxylation sites is 2. The first-order valence-electron chi connectivity index (χ1n) is 9.10. The molecule has 148 valence electrons. The Hall–Kier alpha value is -3.75. The maximum Gasteiger partial charge on any atom is 0.292 e. The van der Waals surface area contributed by atoms with Gasteiger partial charge in [-0.3, -0.25) is 10.1 Å². The topological polar surface area (TPSA) is 84.6 Å². The highest BCUT2D eigenvalue weighted by atomic mass is 19.1. The highest BCUT2D eigenvalue weighted by molar-refractivity contribution is 5.63. The maximum absolute atomic E-state index is 13.0. The second kappa shape index (κ2) is 8.09. The molecule has 3 aromatic rings. The van der Waals surface area contributed by atoms with E-state index in [1.807, 2.05) is 9.80 Å². The SMILES string of the molecule is O=[N+]([O-])c1ccccc1N1CCN(c2nccc(Oc3ccc(F)cc3)n2)CC1. The van der Waals surface area contributed by atoms with E-state index in [4.69, 9.17) is 4.74 Å². The third-order valence-corrected chi connectivity index (χ3v) is 4.63. The first-order valence-corrected chi connectivity index (χ1v) is 9.10. The Morgan fingerprint density at radius 2 is 1.66 bits per heavy atom. The van der Waals surface area contributed by atoms with E-state index in [1.54, 1.807) is 30.5 Å². The summed E-state index contributed by atoms with van der Waals surface area (Å²) in [5, 5.41) is 11.3. The van der Waals surface area contributed by atoms with Crippen molar-refractivity contribution in [2.45, 2.75) is 0 Å². The van der Waals surface area contributed by atoms with E-state index in [0.29, 0.717) is 49.4 Å². The first kappa shape index (κ1) is 18.6. The molecule has 0 saturated carbocycles. The van der Waals surface area contributed by atoms with Crippen LogP contribution >= 0.6 is 0 Å². The second-order valence-corrected chi connectivity index (χ2v) is 6.47. The third-order valence-electron chi connectivity index (χ3n) is 4.63. The Bertz CT molecular complexity index is 1010. The number of halogens is 1. The summed E-state index contributed by atoms with van der Waals surface area (Å²) in [7, 11) is 0. The number of hydrogen-bond donors (Lipinski definition) is 0. The van der Waals surface area contributed by atoms with Gasteiger partial charge in [-0.05, 0) is 30.3 Å². The number of aromatic nitrogens is 2. The van der Waals surface area contributed by atoms with Crippen molar-refractivity contribution in [1.29, 1.82) is 0 Å². The predicted octanol–water partition coefficient (Wildman–Crippen LogP) is 3.64. The molecule has 0 aliphatic carbocycles. The van der Waals surface area contributed by atoms with E-state index in [0.717, 1.165) is 0 Å². The Morgan fingerprint density at radius 1 is 0.966 bits per heavy atom. The molecule has 0 spiro atoms. The molecular weight excluding hydrogens is 377 g/mol. The van der Waals surface area contributed by atoms with Gasteiger partial charge in [-0.15, -0.1) is 0 Å². The van der Waals surface area contributed by atoms with Crippen LogP contribution in [0.5, 0.6) is 11.6 Å². The Balaban J connectivity index is 1.44. The number of nitro groups is 1. The van der Waals surface area contributed by atoms with Gasteiger partial charge in [-0.1, -0.05) is 12.1 Å². The molecule has 4 rings (SSSR count). The smallest absolute Gasteiger partial charge is 0.292 e. The van der Waals surface area contributed by atoms with Crippen molar-refractivity contribution >= 4 is 17.3 Å². The average Bonchev–Trinajstić information content (AvgIpc) is 2.76. The number of anilines is 2. The van der Waals surface area contributed by atoms with E-state index in [1.165, 1.54) is 30.3 Å². The molecule has 9 heteroatoms. The fourth-order valence-electron chi connectivity index (χ4n) is 3.20. The lowest BCUT2D eigenvalue weighted by atomic mass is 10.2. The fourth-order valence-corrected chi connectivity index (χ4v) is 3.20. The van der Waals surface area contributed by atoms with Gasteiger partial charge in [0.2, 0.25) is 11.8 Å². The number of hydrogen-bond acceptors (Lipinski definition) is 7. The molecule has 2 heterocycles. The van der Waals surface area contributed by atoms with Crippen LogP contribution in [0.25, 0.3) is 0 Å². The molecule has 8 nitrogen and oxygen atoms in total. The van der Waals surface area contributed by atoms with Crippen LogP contribution < -0.4 is 14.5 Å². The lowest BCUT2D eigenvalue weighted by Gasteiger charge is -2.35. The third kappa shape index (κ3) is 4.23. The zero-order chi connectivity index (χ0) is 20.2. The standard InChI is InChI=1S/C20H18FN5O3/c21-15-5-7-16(8-6-15)29-19-9-10-22-20(23-19)25-13-11-24(12-14-25)17-3-1-2-4-18(17)26(27)28/h1-10H,11-14H2. The van der Waals surface area contributed by atoms with Gasteiger partial charge in [0.25, 0.3) is 5.69 Å². The molecule has 0 amide bonds. The second-order valence-electron chi connectivity index (χ2n) is 6.47. The quantitative estimate of drug-likeness (QED) is 0.482. The number of nitro benzene ring substituents is 1. The highest BCUT2D eigenvalue weighted by Crippen LogP contribution is 2.29. The van der Waals surface area contributed by atoms with Crippen molar-refractivity contribution in [3.05, 3.63) is 76.7 Å². The van der Waals surface area contributed by atoms with Crippen LogP contribution in [-0.2, 0) is 0 Å². The van der Waals surface area contributed by atoms with Gasteiger partial charge in [0, 0.05) is 44.5 Å². The van der Waals surface area contributed by atoms with E-state index in [-0.39, 0.29) is 16.4 Å². The largest absolute Gasteiger partial charge is 0.439 e. The van der Waals surface area contributed by atoms with Gasteiger partial charge in [0.05, 0.1) is 4.92 Å². The molecule has 0 radical (unpaired) electrons. The monoisotopic (exact) mass is 395 g/mol. The van der Waals surface area contributed by atoms with Crippen LogP contribution in [0, 0.1) is 15.9 Å². The molecule has 0 bridgehead atoms. The zero-order valence-electron chi connectivity index (χ0n) is 15.4. The normalized spacial score (nSPS) is 14.0. The van der Waals surface area contributed by atoms with Gasteiger partial charge in [-0.25, -0.2) is 9.37 Å². The fraction of sp³-hybridized carbons (Fsp3) is 0.200. The van der Waals surface area contributed by atoms with Crippen molar-refractivity contribution in [2.24, 2.45) is 0 Å². The Kier molecular flexibility index (Phi) is 5.19. The summed E-state index contributed by atoms with van der Waals surface area (Å²) in [6.45, 7) is 2.45. The lowest BCUT2D eigenvalue weighted by molar-refractivity contribution is -0.384. The Morgan fingerprint density at radius 3 is 2.38 bits per heavy atom. The van der Waals surface area contributed by atoms with E-state index >= 15 is 0 Å². The molecule has 2 aromatic carbocycles. The summed E-state index contributed by atoms with van der Waals surface area (Å²) in [6, 6.07) is 14.1. The molecule has 1 aliphatic heterocycles. The Labute approximate surface area is 166 Å². The van der Waals surface area contributed by atoms with Crippen LogP contribution in [0.4, 0.5) is 21.7 Å². The molecule has 1 aliphatic rings. The van der Waals surface area contributed by atoms with Gasteiger partial charge >= 0.3 is 0 Å². The minimum absolute atomic E-state index is 0.104. The predicted molar refractivity (Wildman–Crippen MR) is 106 cm³/mol. The van der Waals surface area contributed by atoms with Gasteiger partial charge in [0.1, 0.15) is 17.3 Å². The molecule has 29 heavy (non-hydrogen) atoms. The minimum atomic E-state index is -0.360. The number of ether oxygens (including phenoxy) is 1. The molecule has 1 fully saturated rings. The van der Waals surface area contributed by atoms with Crippen LogP contribution in [0.1, 0.15) is 0 Å². The summed E-state index contributed by atoms with van der Waals surface area (Å²) in [5.74, 6) is 1.03. The van der Waals surface area contributed by atoms with Crippen LogP contribution in [0.15, 0.2) is 60.8 Å². The molecule has 0 atom stereocenters. The van der Waals surface area contributed by atoms with E-state index < -0.39 is 0 Å². The summed E-state index contributed by atoms with van der Waals surface area (Å²) < 4.78 is 18.7. The number of nitrogens with zero attached hydrogens (tertiary/aromatic N) is 5. The van der Waals surface area contributed by atoms with Crippen LogP contribution in [0.3, 0.4) is 0 Å². The summed E-state index contributed by atoms with van der Waals surface area (Å²) in [4.78, 5) is 23.6. The number of rotatable bonds is 5. The molecule has 1 aromatic heterocycles. The van der Waals surface area contributed by atoms with Crippen LogP contribution in [0.2, 0.25) is 0 Å². The molecular formula is C20H18FN5O3. The molecule has 0 unspecified atom stereocenters. The van der Waals surface area contributed by atoms with Gasteiger partial charge in [0.15, 0.2) is 0 Å². The van der Waals surface area contributed by atoms with Crippen LogP contribution in [-0.4, -0.2) is 41.1 Å². The van der Waals surface area contributed by atoms with Gasteiger partial charge < -0.3 is 14.5 Å². The minimum Gasteiger partial charge on any atom is -0.439 e. The van der Waals surface area contributed by atoms with Crippen molar-refractivity contribution < 1.29 is 14.1 Å². The average molecular weight is 395 g/mol. The van der Waals surface area contributed by atoms with Crippen molar-refractivity contribution in [3.63, 3.8) is 0 Å². The number of piperazine rings is 1. The zero-order valence-corrected chi connectivity index (χ0v) is 15.4. The first-order chi connectivity index (χ1) is 14.1. The summed E-state index contributed by atoms with van der Waals surface area (Å²) in [5.41, 5.74) is 0.721. The van der Waals surface area contributed by atoms with Crippen molar-refractivity contribution in [2.75, 3.05) is 36.0 Å². The highest BCUT2D eigenvalue weighted by Gasteiger charge is 2.24. The van der Waals surface area contributed by atoms with Crippen molar-refractivity contribution in [1.82, 2.24) is 9.97 Å². The van der Waals surface area contributed by atoms with Gasteiger partial charge in [-0.2, -0.15) is 4.98 Å². The summed E-state index contributed by atoms with van der Waals surface area (Å²) in [6.07, 6.45) is 1.61. The molecule has 1 saturated heterocycles. The number of benzene rings is 2. The van der Waals surface area contributed by atoms with E-state index in [2.05, 4.69) is 9.97 Å². The maximum atomic E-state index is 13.0. The van der Waals surface area contributed by atoms with E-state index in [9.17, 15) is 14.5 Å². The van der Waals surface area contributed by atoms with Crippen molar-refractivity contribution in [3.8, 4) is 11.6 Å². The molecule has 0 N–H and O–H groups in total. The lowest BCUT2D eigenvalue weighted by Crippen LogP contribution is -2.47.